The summed E-state index contributed by atoms with van der Waals surface area (Å²) in [7, 11) is 1.96. The molecule has 3 rings (SSSR count). The minimum Gasteiger partial charge on any atom is -0.329 e. The minimum atomic E-state index is 0.398. The van der Waals surface area contributed by atoms with Crippen molar-refractivity contribution in [3.63, 3.8) is 0 Å². The summed E-state index contributed by atoms with van der Waals surface area (Å²) in [4.78, 5) is 10.2. The van der Waals surface area contributed by atoms with Crippen molar-refractivity contribution in [3.05, 3.63) is 47.4 Å². The number of hydrogen-bond donors (Lipinski definition) is 0. The van der Waals surface area contributed by atoms with E-state index in [0.29, 0.717) is 10.9 Å². The van der Waals surface area contributed by atoms with Crippen LogP contribution in [-0.2, 0) is 0 Å². The van der Waals surface area contributed by atoms with Crippen LogP contribution in [0.5, 0.6) is 0 Å². The van der Waals surface area contributed by atoms with Crippen molar-refractivity contribution in [1.82, 2.24) is 19.6 Å². The molecule has 2 heterocycles. The van der Waals surface area contributed by atoms with Gasteiger partial charge >= 0.3 is 0 Å². The van der Waals surface area contributed by atoms with Crippen LogP contribution in [0, 0.1) is 6.92 Å². The number of hydrogen-bond acceptors (Lipinski definition) is 4. The monoisotopic (exact) mass is 273 g/mol. The second-order valence-corrected chi connectivity index (χ2v) is 4.69. The molecule has 0 aliphatic rings. The SMILES string of the molecule is Cc1cccc(N(C)c2cc(Cl)nc3ncnn23)c1. The maximum absolute atomic E-state index is 6.02. The van der Waals surface area contributed by atoms with Gasteiger partial charge in [0.2, 0.25) is 0 Å². The zero-order valence-corrected chi connectivity index (χ0v) is 11.3. The van der Waals surface area contributed by atoms with Crippen LogP contribution in [0.4, 0.5) is 11.5 Å². The summed E-state index contributed by atoms with van der Waals surface area (Å²) in [6, 6.07) is 9.97. The first-order valence-electron chi connectivity index (χ1n) is 5.82. The molecule has 2 aromatic heterocycles. The molecule has 0 amide bonds. The lowest BCUT2D eigenvalue weighted by molar-refractivity contribution is 0.912. The highest BCUT2D eigenvalue weighted by Crippen LogP contribution is 2.25. The molecule has 0 bridgehead atoms. The summed E-state index contributed by atoms with van der Waals surface area (Å²) in [5, 5.41) is 4.57. The van der Waals surface area contributed by atoms with Gasteiger partial charge in [-0.2, -0.15) is 19.6 Å². The molecule has 6 heteroatoms. The van der Waals surface area contributed by atoms with E-state index >= 15 is 0 Å². The summed E-state index contributed by atoms with van der Waals surface area (Å²) in [5.74, 6) is 1.31. The Hall–Kier alpha value is -2.14. The third kappa shape index (κ3) is 2.13. The number of nitrogens with zero attached hydrogens (tertiary/aromatic N) is 5. The Balaban J connectivity index is 2.15. The van der Waals surface area contributed by atoms with Crippen LogP contribution in [0.3, 0.4) is 0 Å². The largest absolute Gasteiger partial charge is 0.329 e. The molecule has 0 aliphatic heterocycles. The second-order valence-electron chi connectivity index (χ2n) is 4.31. The number of rotatable bonds is 2. The minimum absolute atomic E-state index is 0.398. The Labute approximate surface area is 115 Å². The Bertz CT molecular complexity index is 737. The molecular formula is C13H12ClN5. The van der Waals surface area contributed by atoms with E-state index < -0.39 is 0 Å². The zero-order chi connectivity index (χ0) is 13.4. The lowest BCUT2D eigenvalue weighted by Gasteiger charge is -2.20. The third-order valence-electron chi connectivity index (χ3n) is 2.93. The lowest BCUT2D eigenvalue weighted by atomic mass is 10.2. The standard InChI is InChI=1S/C13H12ClN5/c1-9-4-3-5-10(6-9)18(2)12-7-11(14)17-13-15-8-16-19(12)13/h3-8H,1-2H3. The van der Waals surface area contributed by atoms with Gasteiger partial charge in [-0.3, -0.25) is 0 Å². The normalized spacial score (nSPS) is 10.9. The van der Waals surface area contributed by atoms with E-state index in [0.717, 1.165) is 11.5 Å². The first kappa shape index (κ1) is 11.9. The van der Waals surface area contributed by atoms with E-state index in [-0.39, 0.29) is 0 Å². The van der Waals surface area contributed by atoms with E-state index in [4.69, 9.17) is 11.6 Å². The van der Waals surface area contributed by atoms with Crippen LogP contribution in [-0.4, -0.2) is 26.6 Å². The van der Waals surface area contributed by atoms with Gasteiger partial charge in [0.15, 0.2) is 0 Å². The van der Waals surface area contributed by atoms with Crippen LogP contribution in [0.1, 0.15) is 5.56 Å². The van der Waals surface area contributed by atoms with E-state index in [2.05, 4.69) is 34.1 Å². The van der Waals surface area contributed by atoms with Crippen molar-refractivity contribution in [1.29, 1.82) is 0 Å². The molecule has 96 valence electrons. The van der Waals surface area contributed by atoms with Crippen LogP contribution in [0.2, 0.25) is 5.15 Å². The molecule has 0 spiro atoms. The molecule has 0 radical (unpaired) electrons. The van der Waals surface area contributed by atoms with E-state index in [9.17, 15) is 0 Å². The Morgan fingerprint density at radius 1 is 1.26 bits per heavy atom. The molecule has 0 unspecified atom stereocenters. The molecule has 0 saturated carbocycles. The summed E-state index contributed by atoms with van der Waals surface area (Å²) in [6.07, 6.45) is 1.46. The summed E-state index contributed by atoms with van der Waals surface area (Å²) >= 11 is 6.02. The fourth-order valence-corrected chi connectivity index (χ4v) is 2.15. The number of benzene rings is 1. The second kappa shape index (κ2) is 4.51. The first-order valence-corrected chi connectivity index (χ1v) is 6.19. The highest BCUT2D eigenvalue weighted by Gasteiger charge is 2.12. The molecule has 0 saturated heterocycles. The van der Waals surface area contributed by atoms with Gasteiger partial charge in [0.25, 0.3) is 5.78 Å². The molecule has 5 nitrogen and oxygen atoms in total. The van der Waals surface area contributed by atoms with E-state index in [1.807, 2.05) is 24.1 Å². The molecule has 1 aromatic carbocycles. The van der Waals surface area contributed by atoms with Gasteiger partial charge in [0.05, 0.1) is 0 Å². The number of aryl methyl sites for hydroxylation is 1. The van der Waals surface area contributed by atoms with Gasteiger partial charge < -0.3 is 4.90 Å². The molecular weight excluding hydrogens is 262 g/mol. The van der Waals surface area contributed by atoms with Crippen molar-refractivity contribution in [3.8, 4) is 0 Å². The van der Waals surface area contributed by atoms with Gasteiger partial charge in [-0.25, -0.2) is 0 Å². The van der Waals surface area contributed by atoms with Gasteiger partial charge in [0, 0.05) is 18.8 Å². The summed E-state index contributed by atoms with van der Waals surface area (Å²) in [5.41, 5.74) is 2.25. The van der Waals surface area contributed by atoms with E-state index in [1.165, 1.54) is 11.9 Å². The average Bonchev–Trinajstić information content (AvgIpc) is 2.85. The van der Waals surface area contributed by atoms with E-state index in [1.54, 1.807) is 10.6 Å². The Morgan fingerprint density at radius 2 is 2.11 bits per heavy atom. The van der Waals surface area contributed by atoms with Crippen molar-refractivity contribution >= 4 is 28.9 Å². The van der Waals surface area contributed by atoms with Crippen LogP contribution in [0.25, 0.3) is 5.78 Å². The van der Waals surface area contributed by atoms with Crippen molar-refractivity contribution in [2.75, 3.05) is 11.9 Å². The van der Waals surface area contributed by atoms with Crippen LogP contribution >= 0.6 is 11.6 Å². The predicted molar refractivity (Wildman–Crippen MR) is 75.0 cm³/mol. The number of anilines is 2. The highest BCUT2D eigenvalue weighted by atomic mass is 35.5. The molecule has 0 aliphatic carbocycles. The first-order chi connectivity index (χ1) is 9.15. The fourth-order valence-electron chi connectivity index (χ4n) is 1.98. The lowest BCUT2D eigenvalue weighted by Crippen LogP contribution is -2.14. The zero-order valence-electron chi connectivity index (χ0n) is 10.6. The van der Waals surface area contributed by atoms with Gasteiger partial charge in [-0.05, 0) is 24.6 Å². The number of aromatic nitrogens is 4. The topological polar surface area (TPSA) is 46.3 Å². The van der Waals surface area contributed by atoms with Crippen molar-refractivity contribution in [2.24, 2.45) is 0 Å². The Kier molecular flexibility index (Phi) is 2.83. The average molecular weight is 274 g/mol. The maximum atomic E-state index is 6.02. The number of fused-ring (bicyclic) bond motifs is 1. The highest BCUT2D eigenvalue weighted by molar-refractivity contribution is 6.29. The maximum Gasteiger partial charge on any atom is 0.255 e. The molecule has 0 N–H and O–H groups in total. The predicted octanol–water partition coefficient (Wildman–Crippen LogP) is 2.85. The Morgan fingerprint density at radius 3 is 2.89 bits per heavy atom. The van der Waals surface area contributed by atoms with Crippen LogP contribution < -0.4 is 4.90 Å². The third-order valence-corrected chi connectivity index (χ3v) is 3.13. The molecule has 3 aromatic rings. The number of halogens is 1. The molecule has 0 fully saturated rings. The van der Waals surface area contributed by atoms with Crippen LogP contribution in [0.15, 0.2) is 36.7 Å². The van der Waals surface area contributed by atoms with Gasteiger partial charge in [-0.1, -0.05) is 23.7 Å². The van der Waals surface area contributed by atoms with Crippen molar-refractivity contribution in [2.45, 2.75) is 6.92 Å². The molecule has 19 heavy (non-hydrogen) atoms. The summed E-state index contributed by atoms with van der Waals surface area (Å²) in [6.45, 7) is 2.06. The molecule has 0 atom stereocenters. The smallest absolute Gasteiger partial charge is 0.255 e. The fraction of sp³-hybridized carbons (Fsp3) is 0.154. The quantitative estimate of drug-likeness (QED) is 0.674. The summed E-state index contributed by atoms with van der Waals surface area (Å²) < 4.78 is 1.66. The van der Waals surface area contributed by atoms with Crippen molar-refractivity contribution < 1.29 is 0 Å². The van der Waals surface area contributed by atoms with Gasteiger partial charge in [-0.15, -0.1) is 0 Å². The van der Waals surface area contributed by atoms with Gasteiger partial charge in [0.1, 0.15) is 17.3 Å².